The van der Waals surface area contributed by atoms with Crippen molar-refractivity contribution < 1.29 is 4.92 Å². The van der Waals surface area contributed by atoms with Gasteiger partial charge in [-0.25, -0.2) is 9.97 Å². The first-order chi connectivity index (χ1) is 9.04. The van der Waals surface area contributed by atoms with Gasteiger partial charge in [-0.05, 0) is 14.0 Å². The monoisotopic (exact) mass is 266 g/mol. The minimum absolute atomic E-state index is 0.0539. The minimum atomic E-state index is -0.426. The molecule has 2 heterocycles. The lowest BCUT2D eigenvalue weighted by atomic mass is 10.2. The zero-order valence-corrected chi connectivity index (χ0v) is 11.3. The Kier molecular flexibility index (Phi) is 3.79. The number of hydrogen-bond acceptors (Lipinski definition) is 7. The van der Waals surface area contributed by atoms with Crippen LogP contribution in [0.2, 0.25) is 0 Å². The van der Waals surface area contributed by atoms with Gasteiger partial charge in [-0.15, -0.1) is 0 Å². The minimum Gasteiger partial charge on any atom is -0.367 e. The van der Waals surface area contributed by atoms with E-state index >= 15 is 0 Å². The number of nitrogens with one attached hydrogen (secondary N) is 1. The van der Waals surface area contributed by atoms with Crippen molar-refractivity contribution in [3.05, 3.63) is 16.4 Å². The van der Waals surface area contributed by atoms with E-state index < -0.39 is 4.92 Å². The molecule has 8 nitrogen and oxygen atoms in total. The van der Waals surface area contributed by atoms with E-state index in [1.54, 1.807) is 7.05 Å². The van der Waals surface area contributed by atoms with Gasteiger partial charge >= 0.3 is 5.69 Å². The zero-order chi connectivity index (χ0) is 14.0. The normalized spacial score (nSPS) is 20.4. The van der Waals surface area contributed by atoms with Crippen molar-refractivity contribution >= 4 is 17.3 Å². The Hall–Kier alpha value is -1.96. The van der Waals surface area contributed by atoms with E-state index in [1.165, 1.54) is 6.33 Å². The quantitative estimate of drug-likeness (QED) is 0.632. The molecule has 0 bridgehead atoms. The fraction of sp³-hybridized carbons (Fsp3) is 0.636. The first-order valence-electron chi connectivity index (χ1n) is 6.17. The summed E-state index contributed by atoms with van der Waals surface area (Å²) in [5.74, 6) is 0.644. The number of aromatic nitrogens is 2. The summed E-state index contributed by atoms with van der Waals surface area (Å²) in [5.41, 5.74) is -0.0539. The average Bonchev–Trinajstić information content (AvgIpc) is 2.40. The maximum absolute atomic E-state index is 11.2. The van der Waals surface area contributed by atoms with Crippen LogP contribution in [0.3, 0.4) is 0 Å². The molecule has 1 N–H and O–H groups in total. The lowest BCUT2D eigenvalue weighted by Gasteiger charge is -2.37. The second-order valence-corrected chi connectivity index (χ2v) is 4.68. The number of hydrogen-bond donors (Lipinski definition) is 1. The van der Waals surface area contributed by atoms with E-state index in [1.807, 2.05) is 4.90 Å². The lowest BCUT2D eigenvalue weighted by Crippen LogP contribution is -2.50. The van der Waals surface area contributed by atoms with Gasteiger partial charge in [0.15, 0.2) is 0 Å². The fourth-order valence-corrected chi connectivity index (χ4v) is 2.19. The summed E-state index contributed by atoms with van der Waals surface area (Å²) >= 11 is 0. The van der Waals surface area contributed by atoms with Crippen molar-refractivity contribution in [1.82, 2.24) is 14.9 Å². The summed E-state index contributed by atoms with van der Waals surface area (Å²) in [6, 6.07) is 0.335. The van der Waals surface area contributed by atoms with Gasteiger partial charge in [0, 0.05) is 32.7 Å². The molecule has 0 radical (unpaired) electrons. The largest absolute Gasteiger partial charge is 0.367 e. The molecule has 19 heavy (non-hydrogen) atoms. The van der Waals surface area contributed by atoms with Crippen molar-refractivity contribution in [3.8, 4) is 0 Å². The second kappa shape index (κ2) is 5.35. The molecule has 1 atom stereocenters. The van der Waals surface area contributed by atoms with E-state index in [9.17, 15) is 10.1 Å². The SMILES string of the molecule is CNc1ncnc(N2CCN(C)C(C)C2)c1[N+](=O)[O-]. The van der Waals surface area contributed by atoms with Crippen LogP contribution >= 0.6 is 0 Å². The van der Waals surface area contributed by atoms with Gasteiger partial charge in [-0.3, -0.25) is 10.1 Å². The summed E-state index contributed by atoms with van der Waals surface area (Å²) in [6.45, 7) is 4.40. The molecule has 0 saturated carbocycles. The van der Waals surface area contributed by atoms with Crippen molar-refractivity contribution in [2.24, 2.45) is 0 Å². The number of piperazine rings is 1. The van der Waals surface area contributed by atoms with E-state index in [0.717, 1.165) is 19.6 Å². The molecule has 104 valence electrons. The third-order valence-electron chi connectivity index (χ3n) is 3.48. The molecule has 2 rings (SSSR count). The maximum Gasteiger partial charge on any atom is 0.353 e. The van der Waals surface area contributed by atoms with Crippen LogP contribution in [0.1, 0.15) is 6.92 Å². The van der Waals surface area contributed by atoms with E-state index in [0.29, 0.717) is 11.9 Å². The van der Waals surface area contributed by atoms with Crippen LogP contribution in [0.25, 0.3) is 0 Å². The van der Waals surface area contributed by atoms with Gasteiger partial charge in [0.1, 0.15) is 6.33 Å². The standard InChI is InChI=1S/C11H18N6O2/c1-8-6-16(5-4-15(8)3)11-9(17(18)19)10(12-2)13-7-14-11/h7-8H,4-6H2,1-3H3,(H,12,13,14). The molecular formula is C11H18N6O2. The number of nitrogens with zero attached hydrogens (tertiary/aromatic N) is 5. The summed E-state index contributed by atoms with van der Waals surface area (Å²) in [4.78, 5) is 23.0. The van der Waals surface area contributed by atoms with Gasteiger partial charge in [0.25, 0.3) is 0 Å². The highest BCUT2D eigenvalue weighted by Gasteiger charge is 2.30. The zero-order valence-electron chi connectivity index (χ0n) is 11.3. The Morgan fingerprint density at radius 2 is 2.21 bits per heavy atom. The number of rotatable bonds is 3. The molecule has 1 aromatic rings. The summed E-state index contributed by atoms with van der Waals surface area (Å²) < 4.78 is 0. The number of anilines is 2. The molecule has 8 heteroatoms. The van der Waals surface area contributed by atoms with E-state index in [4.69, 9.17) is 0 Å². The van der Waals surface area contributed by atoms with Crippen molar-refractivity contribution in [2.75, 3.05) is 43.9 Å². The Labute approximate surface area is 111 Å². The molecule has 1 aromatic heterocycles. The Morgan fingerprint density at radius 1 is 1.47 bits per heavy atom. The van der Waals surface area contributed by atoms with Crippen molar-refractivity contribution in [2.45, 2.75) is 13.0 Å². The highest BCUT2D eigenvalue weighted by molar-refractivity contribution is 5.70. The lowest BCUT2D eigenvalue weighted by molar-refractivity contribution is -0.383. The summed E-state index contributed by atoms with van der Waals surface area (Å²) in [5, 5.41) is 14.0. The van der Waals surface area contributed by atoms with Crippen LogP contribution in [0, 0.1) is 10.1 Å². The van der Waals surface area contributed by atoms with Crippen LogP contribution in [-0.2, 0) is 0 Å². The average molecular weight is 266 g/mol. The Bertz CT molecular complexity index is 480. The van der Waals surface area contributed by atoms with Crippen LogP contribution in [-0.4, -0.2) is 59.6 Å². The van der Waals surface area contributed by atoms with Gasteiger partial charge in [0.2, 0.25) is 11.6 Å². The van der Waals surface area contributed by atoms with Crippen LogP contribution in [0.4, 0.5) is 17.3 Å². The highest BCUT2D eigenvalue weighted by atomic mass is 16.6. The number of nitro groups is 1. The van der Waals surface area contributed by atoms with Gasteiger partial charge in [-0.2, -0.15) is 0 Å². The Balaban J connectivity index is 2.37. The second-order valence-electron chi connectivity index (χ2n) is 4.68. The van der Waals surface area contributed by atoms with Crippen LogP contribution in [0.5, 0.6) is 0 Å². The van der Waals surface area contributed by atoms with Crippen LogP contribution in [0.15, 0.2) is 6.33 Å². The van der Waals surface area contributed by atoms with E-state index in [-0.39, 0.29) is 11.5 Å². The van der Waals surface area contributed by atoms with Gasteiger partial charge < -0.3 is 15.1 Å². The van der Waals surface area contributed by atoms with Crippen molar-refractivity contribution in [1.29, 1.82) is 0 Å². The first-order valence-corrected chi connectivity index (χ1v) is 6.17. The third-order valence-corrected chi connectivity index (χ3v) is 3.48. The van der Waals surface area contributed by atoms with E-state index in [2.05, 4.69) is 34.2 Å². The number of likely N-dealkylation sites (N-methyl/N-ethyl adjacent to an activating group) is 1. The molecule has 1 aliphatic heterocycles. The molecule has 1 aliphatic rings. The molecule has 0 aromatic carbocycles. The third kappa shape index (κ3) is 2.58. The molecule has 1 saturated heterocycles. The highest BCUT2D eigenvalue weighted by Crippen LogP contribution is 2.32. The summed E-state index contributed by atoms with van der Waals surface area (Å²) in [6.07, 6.45) is 1.36. The molecule has 1 fully saturated rings. The predicted molar refractivity (Wildman–Crippen MR) is 72.5 cm³/mol. The molecule has 0 aliphatic carbocycles. The van der Waals surface area contributed by atoms with Gasteiger partial charge in [-0.1, -0.05) is 0 Å². The van der Waals surface area contributed by atoms with Crippen molar-refractivity contribution in [3.63, 3.8) is 0 Å². The predicted octanol–water partition coefficient (Wildman–Crippen LogP) is 0.567. The first kappa shape index (κ1) is 13.5. The molecule has 0 amide bonds. The smallest absolute Gasteiger partial charge is 0.353 e. The Morgan fingerprint density at radius 3 is 2.79 bits per heavy atom. The topological polar surface area (TPSA) is 87.4 Å². The molecule has 1 unspecified atom stereocenters. The maximum atomic E-state index is 11.2. The molecule has 0 spiro atoms. The van der Waals surface area contributed by atoms with Crippen LogP contribution < -0.4 is 10.2 Å². The van der Waals surface area contributed by atoms with Gasteiger partial charge in [0.05, 0.1) is 4.92 Å². The molecular weight excluding hydrogens is 248 g/mol. The summed E-state index contributed by atoms with van der Waals surface area (Å²) in [7, 11) is 3.67. The fourth-order valence-electron chi connectivity index (χ4n) is 2.19.